The van der Waals surface area contributed by atoms with Gasteiger partial charge in [0.1, 0.15) is 11.6 Å². The van der Waals surface area contributed by atoms with Gasteiger partial charge in [-0.05, 0) is 18.2 Å². The highest BCUT2D eigenvalue weighted by Crippen LogP contribution is 2.33. The van der Waals surface area contributed by atoms with E-state index in [1.165, 1.54) is 0 Å². The summed E-state index contributed by atoms with van der Waals surface area (Å²) in [5.74, 6) is 9.65. The summed E-state index contributed by atoms with van der Waals surface area (Å²) in [5, 5.41) is 0.741. The molecule has 1 aromatic carbocycles. The molecule has 4 nitrogen and oxygen atoms in total. The smallest absolute Gasteiger partial charge is 0.148 e. The Morgan fingerprint density at radius 3 is 3.05 bits per heavy atom. The first-order chi connectivity index (χ1) is 9.76. The molecule has 0 radical (unpaired) electrons. The number of aromatic nitrogens is 2. The molecule has 0 unspecified atom stereocenters. The van der Waals surface area contributed by atoms with E-state index in [9.17, 15) is 0 Å². The topological polar surface area (TPSA) is 63.8 Å². The molecule has 3 rings (SSSR count). The molecule has 2 aromatic rings. The van der Waals surface area contributed by atoms with E-state index >= 15 is 0 Å². The molecular formula is C13H13ClN4S2. The fourth-order valence-corrected chi connectivity index (χ4v) is 4.10. The summed E-state index contributed by atoms with van der Waals surface area (Å²) < 4.78 is 0. The number of halogens is 1. The monoisotopic (exact) mass is 324 g/mol. The predicted octanol–water partition coefficient (Wildman–Crippen LogP) is 3.45. The van der Waals surface area contributed by atoms with Crippen molar-refractivity contribution in [3.8, 4) is 0 Å². The zero-order chi connectivity index (χ0) is 13.9. The Hall–Kier alpha value is -0.950. The van der Waals surface area contributed by atoms with Crippen LogP contribution in [0.15, 0.2) is 29.2 Å². The second-order valence-electron chi connectivity index (χ2n) is 4.30. The first-order valence-corrected chi connectivity index (χ1v) is 8.59. The maximum atomic E-state index is 5.98. The number of fused-ring (bicyclic) bond motifs is 1. The molecule has 1 aromatic heterocycles. The third-order valence-corrected chi connectivity index (χ3v) is 5.12. The van der Waals surface area contributed by atoms with Gasteiger partial charge >= 0.3 is 0 Å². The van der Waals surface area contributed by atoms with E-state index in [0.717, 1.165) is 44.3 Å². The number of benzene rings is 1. The van der Waals surface area contributed by atoms with E-state index in [1.54, 1.807) is 11.8 Å². The summed E-state index contributed by atoms with van der Waals surface area (Å²) in [5.41, 5.74) is 4.91. The molecule has 7 heteroatoms. The lowest BCUT2D eigenvalue weighted by Gasteiger charge is -2.08. The van der Waals surface area contributed by atoms with Crippen LogP contribution in [0, 0.1) is 0 Å². The minimum Gasteiger partial charge on any atom is -0.308 e. The molecule has 0 aliphatic carbocycles. The van der Waals surface area contributed by atoms with Gasteiger partial charge in [0.2, 0.25) is 0 Å². The SMILES string of the molecule is NNc1nc(CSc2cccc(Cl)c2)nc2c1CSC2. The summed E-state index contributed by atoms with van der Waals surface area (Å²) in [6.45, 7) is 0. The molecule has 0 fully saturated rings. The van der Waals surface area contributed by atoms with Crippen molar-refractivity contribution < 1.29 is 0 Å². The molecule has 0 saturated heterocycles. The number of hydrazine groups is 1. The van der Waals surface area contributed by atoms with Crippen molar-refractivity contribution >= 4 is 40.9 Å². The third-order valence-electron chi connectivity index (χ3n) is 2.92. The fourth-order valence-electron chi connectivity index (χ4n) is 1.99. The average molecular weight is 325 g/mol. The van der Waals surface area contributed by atoms with Crippen LogP contribution in [0.5, 0.6) is 0 Å². The van der Waals surface area contributed by atoms with Crippen molar-refractivity contribution in [2.45, 2.75) is 22.2 Å². The zero-order valence-electron chi connectivity index (χ0n) is 10.6. The standard InChI is InChI=1S/C13H13ClN4S2/c14-8-2-1-3-9(4-8)20-7-12-16-11-6-19-5-10(11)13(17-12)18-15/h1-4H,5-7,15H2,(H,16,17,18). The molecule has 1 aliphatic heterocycles. The molecule has 3 N–H and O–H groups in total. The van der Waals surface area contributed by atoms with Gasteiger partial charge in [-0.25, -0.2) is 15.8 Å². The average Bonchev–Trinajstić information content (AvgIpc) is 2.92. The number of nitrogens with two attached hydrogens (primary N) is 1. The van der Waals surface area contributed by atoms with Crippen molar-refractivity contribution in [3.63, 3.8) is 0 Å². The minimum absolute atomic E-state index is 0.701. The van der Waals surface area contributed by atoms with Crippen molar-refractivity contribution in [3.05, 3.63) is 46.4 Å². The molecule has 0 atom stereocenters. The molecule has 2 heterocycles. The summed E-state index contributed by atoms with van der Waals surface area (Å²) in [6.07, 6.45) is 0. The Kier molecular flexibility index (Phi) is 4.35. The predicted molar refractivity (Wildman–Crippen MR) is 85.9 cm³/mol. The van der Waals surface area contributed by atoms with E-state index < -0.39 is 0 Å². The van der Waals surface area contributed by atoms with Crippen LogP contribution in [0.25, 0.3) is 0 Å². The second kappa shape index (κ2) is 6.22. The first kappa shape index (κ1) is 14.0. The molecule has 0 bridgehead atoms. The lowest BCUT2D eigenvalue weighted by molar-refractivity contribution is 0.969. The lowest BCUT2D eigenvalue weighted by Crippen LogP contribution is -2.13. The number of hydrogen-bond donors (Lipinski definition) is 2. The van der Waals surface area contributed by atoms with E-state index in [-0.39, 0.29) is 0 Å². The number of rotatable bonds is 4. The van der Waals surface area contributed by atoms with Crippen LogP contribution in [0.2, 0.25) is 5.02 Å². The normalized spacial score (nSPS) is 13.3. The van der Waals surface area contributed by atoms with E-state index in [4.69, 9.17) is 17.4 Å². The maximum absolute atomic E-state index is 5.98. The van der Waals surface area contributed by atoms with Gasteiger partial charge in [0.25, 0.3) is 0 Å². The van der Waals surface area contributed by atoms with Crippen LogP contribution < -0.4 is 11.3 Å². The Morgan fingerprint density at radius 2 is 2.25 bits per heavy atom. The number of anilines is 1. The van der Waals surface area contributed by atoms with Gasteiger partial charge in [-0.2, -0.15) is 11.8 Å². The summed E-state index contributed by atoms with van der Waals surface area (Å²) >= 11 is 9.48. The molecule has 0 saturated carbocycles. The van der Waals surface area contributed by atoms with E-state index in [0.29, 0.717) is 5.75 Å². The van der Waals surface area contributed by atoms with Crippen molar-refractivity contribution in [1.29, 1.82) is 0 Å². The zero-order valence-corrected chi connectivity index (χ0v) is 13.0. The summed E-state index contributed by atoms with van der Waals surface area (Å²) in [4.78, 5) is 10.2. The third kappa shape index (κ3) is 3.03. The number of hydrogen-bond acceptors (Lipinski definition) is 6. The Bertz CT molecular complexity index is 636. The number of nitrogens with one attached hydrogen (secondary N) is 1. The first-order valence-electron chi connectivity index (χ1n) is 6.07. The Balaban J connectivity index is 1.78. The number of nitrogen functional groups attached to an aromatic ring is 1. The highest BCUT2D eigenvalue weighted by atomic mass is 35.5. The Morgan fingerprint density at radius 1 is 1.35 bits per heavy atom. The molecule has 1 aliphatic rings. The summed E-state index contributed by atoms with van der Waals surface area (Å²) in [7, 11) is 0. The van der Waals surface area contributed by atoms with Crippen LogP contribution in [0.1, 0.15) is 17.1 Å². The van der Waals surface area contributed by atoms with Gasteiger partial charge in [0, 0.05) is 27.0 Å². The molecule has 0 amide bonds. The van der Waals surface area contributed by atoms with Crippen LogP contribution >= 0.6 is 35.1 Å². The van der Waals surface area contributed by atoms with Crippen LogP contribution in [0.3, 0.4) is 0 Å². The van der Waals surface area contributed by atoms with Crippen LogP contribution in [0.4, 0.5) is 5.82 Å². The lowest BCUT2D eigenvalue weighted by atomic mass is 10.2. The number of nitrogens with zero attached hydrogens (tertiary/aromatic N) is 2. The van der Waals surface area contributed by atoms with Crippen molar-refractivity contribution in [2.75, 3.05) is 5.43 Å². The van der Waals surface area contributed by atoms with E-state index in [2.05, 4.69) is 15.4 Å². The Labute approximate surface area is 130 Å². The van der Waals surface area contributed by atoms with Gasteiger partial charge < -0.3 is 5.43 Å². The van der Waals surface area contributed by atoms with E-state index in [1.807, 2.05) is 36.0 Å². The van der Waals surface area contributed by atoms with Crippen LogP contribution in [-0.4, -0.2) is 9.97 Å². The van der Waals surface area contributed by atoms with Gasteiger partial charge in [0.15, 0.2) is 0 Å². The molecule has 20 heavy (non-hydrogen) atoms. The van der Waals surface area contributed by atoms with Crippen molar-refractivity contribution in [1.82, 2.24) is 9.97 Å². The molecule has 0 spiro atoms. The second-order valence-corrected chi connectivity index (χ2v) is 6.77. The van der Waals surface area contributed by atoms with Gasteiger partial charge in [0.05, 0.1) is 11.4 Å². The highest BCUT2D eigenvalue weighted by Gasteiger charge is 2.19. The largest absolute Gasteiger partial charge is 0.308 e. The van der Waals surface area contributed by atoms with Gasteiger partial charge in [-0.15, -0.1) is 11.8 Å². The fraction of sp³-hybridized carbons (Fsp3) is 0.231. The molecule has 104 valence electrons. The van der Waals surface area contributed by atoms with Gasteiger partial charge in [-0.1, -0.05) is 17.7 Å². The van der Waals surface area contributed by atoms with Crippen LogP contribution in [-0.2, 0) is 17.3 Å². The van der Waals surface area contributed by atoms with Crippen molar-refractivity contribution in [2.24, 2.45) is 5.84 Å². The highest BCUT2D eigenvalue weighted by molar-refractivity contribution is 7.98. The quantitative estimate of drug-likeness (QED) is 0.510. The van der Waals surface area contributed by atoms with Gasteiger partial charge in [-0.3, -0.25) is 0 Å². The maximum Gasteiger partial charge on any atom is 0.148 e. The number of thioether (sulfide) groups is 2. The summed E-state index contributed by atoms with van der Waals surface area (Å²) in [6, 6.07) is 7.78. The molecular weight excluding hydrogens is 312 g/mol. The minimum atomic E-state index is 0.701.